The summed E-state index contributed by atoms with van der Waals surface area (Å²) in [5.74, 6) is 0.951. The summed E-state index contributed by atoms with van der Waals surface area (Å²) in [4.78, 5) is 13.4. The minimum Gasteiger partial charge on any atom is -0.454 e. The molecule has 0 bridgehead atoms. The van der Waals surface area contributed by atoms with E-state index in [4.69, 9.17) is 4.42 Å². The molecule has 1 N–H and O–H groups in total. The van der Waals surface area contributed by atoms with E-state index in [1.165, 1.54) is 0 Å². The van der Waals surface area contributed by atoms with Crippen LogP contribution >= 0.6 is 22.6 Å². The van der Waals surface area contributed by atoms with E-state index < -0.39 is 0 Å². The predicted octanol–water partition coefficient (Wildman–Crippen LogP) is 1.84. The molecule has 16 heavy (non-hydrogen) atoms. The molecule has 0 saturated heterocycles. The number of likely N-dealkylation sites (N-methyl/N-ethyl adjacent to an activating group) is 1. The van der Waals surface area contributed by atoms with Gasteiger partial charge in [-0.2, -0.15) is 0 Å². The van der Waals surface area contributed by atoms with Crippen LogP contribution in [-0.4, -0.2) is 30.4 Å². The Labute approximate surface area is 110 Å². The van der Waals surface area contributed by atoms with E-state index in [9.17, 15) is 4.79 Å². The molecule has 0 fully saturated rings. The smallest absolute Gasteiger partial charge is 0.239 e. The van der Waals surface area contributed by atoms with E-state index in [0.29, 0.717) is 6.54 Å². The van der Waals surface area contributed by atoms with Crippen molar-refractivity contribution in [2.45, 2.75) is 26.4 Å². The molecule has 0 spiro atoms. The zero-order valence-corrected chi connectivity index (χ0v) is 11.9. The van der Waals surface area contributed by atoms with Gasteiger partial charge in [0.1, 0.15) is 5.76 Å². The number of furan rings is 1. The van der Waals surface area contributed by atoms with Crippen molar-refractivity contribution in [1.29, 1.82) is 0 Å². The highest BCUT2D eigenvalue weighted by molar-refractivity contribution is 14.1. The third kappa shape index (κ3) is 3.79. The first kappa shape index (κ1) is 13.5. The molecule has 1 amide bonds. The number of hydrogen-bond acceptors (Lipinski definition) is 3. The zero-order valence-electron chi connectivity index (χ0n) is 9.79. The Kier molecular flexibility index (Phi) is 5.27. The van der Waals surface area contributed by atoms with Crippen molar-refractivity contribution >= 4 is 28.5 Å². The number of hydrogen-bond donors (Lipinski definition) is 1. The van der Waals surface area contributed by atoms with Crippen molar-refractivity contribution in [3.63, 3.8) is 0 Å². The second kappa shape index (κ2) is 6.24. The first-order valence-electron chi connectivity index (χ1n) is 5.27. The molecule has 1 atom stereocenters. The molecule has 1 rings (SSSR count). The summed E-state index contributed by atoms with van der Waals surface area (Å²) in [6, 6.07) is 3.63. The quantitative estimate of drug-likeness (QED) is 0.835. The van der Waals surface area contributed by atoms with Crippen LogP contribution in [0.2, 0.25) is 0 Å². The van der Waals surface area contributed by atoms with Crippen LogP contribution in [0.15, 0.2) is 16.5 Å². The lowest BCUT2D eigenvalue weighted by atomic mass is 10.3. The van der Waals surface area contributed by atoms with Gasteiger partial charge in [-0.1, -0.05) is 0 Å². The van der Waals surface area contributed by atoms with Gasteiger partial charge >= 0.3 is 0 Å². The normalized spacial score (nSPS) is 12.5. The molecule has 0 aliphatic rings. The van der Waals surface area contributed by atoms with E-state index >= 15 is 0 Å². The maximum Gasteiger partial charge on any atom is 0.239 e. The average Bonchev–Trinajstić information content (AvgIpc) is 2.69. The maximum atomic E-state index is 11.7. The molecule has 1 heterocycles. The Balaban J connectivity index is 2.40. The molecular weight excluding hydrogens is 319 g/mol. The van der Waals surface area contributed by atoms with Crippen LogP contribution < -0.4 is 5.32 Å². The molecule has 1 unspecified atom stereocenters. The zero-order chi connectivity index (χ0) is 12.1. The SMILES string of the molecule is CCN(C)C(=O)C(C)NCc1ccc(I)o1. The number of nitrogens with zero attached hydrogens (tertiary/aromatic N) is 1. The summed E-state index contributed by atoms with van der Waals surface area (Å²) in [5, 5.41) is 3.14. The van der Waals surface area contributed by atoms with E-state index in [0.717, 1.165) is 16.1 Å². The van der Waals surface area contributed by atoms with Crippen LogP contribution in [0.1, 0.15) is 19.6 Å². The van der Waals surface area contributed by atoms with Gasteiger partial charge < -0.3 is 9.32 Å². The van der Waals surface area contributed by atoms with E-state index in [1.807, 2.05) is 26.0 Å². The monoisotopic (exact) mass is 336 g/mol. The molecule has 0 radical (unpaired) electrons. The highest BCUT2D eigenvalue weighted by Gasteiger charge is 2.15. The minimum absolute atomic E-state index is 0.101. The number of carbonyl (C=O) groups excluding carboxylic acids is 1. The Morgan fingerprint density at radius 2 is 2.31 bits per heavy atom. The van der Waals surface area contributed by atoms with Crippen molar-refractivity contribution in [3.8, 4) is 0 Å². The first-order valence-corrected chi connectivity index (χ1v) is 6.35. The standard InChI is InChI=1S/C11H17IN2O2/c1-4-14(3)11(15)8(2)13-7-9-5-6-10(12)16-9/h5-6,8,13H,4,7H2,1-3H3. The van der Waals surface area contributed by atoms with Crippen LogP contribution in [0.25, 0.3) is 0 Å². The fraction of sp³-hybridized carbons (Fsp3) is 0.545. The van der Waals surface area contributed by atoms with Crippen molar-refractivity contribution in [1.82, 2.24) is 10.2 Å². The number of amides is 1. The summed E-state index contributed by atoms with van der Waals surface area (Å²) in [6.07, 6.45) is 0. The topological polar surface area (TPSA) is 45.5 Å². The van der Waals surface area contributed by atoms with Gasteiger partial charge in [0.2, 0.25) is 5.91 Å². The van der Waals surface area contributed by atoms with Crippen molar-refractivity contribution in [3.05, 3.63) is 21.7 Å². The summed E-state index contributed by atoms with van der Waals surface area (Å²) in [7, 11) is 1.80. The molecule has 0 saturated carbocycles. The number of halogens is 1. The van der Waals surface area contributed by atoms with Gasteiger partial charge in [-0.25, -0.2) is 0 Å². The molecule has 5 heteroatoms. The van der Waals surface area contributed by atoms with Crippen LogP contribution in [0.5, 0.6) is 0 Å². The van der Waals surface area contributed by atoms with Crippen molar-refractivity contribution in [2.24, 2.45) is 0 Å². The lowest BCUT2D eigenvalue weighted by molar-refractivity contribution is -0.131. The molecule has 0 aliphatic carbocycles. The summed E-state index contributed by atoms with van der Waals surface area (Å²) in [5.41, 5.74) is 0. The summed E-state index contributed by atoms with van der Waals surface area (Å²) >= 11 is 2.12. The lowest BCUT2D eigenvalue weighted by Crippen LogP contribution is -2.42. The van der Waals surface area contributed by atoms with Gasteiger partial charge in [0.25, 0.3) is 0 Å². The Morgan fingerprint density at radius 1 is 1.62 bits per heavy atom. The number of rotatable bonds is 5. The lowest BCUT2D eigenvalue weighted by Gasteiger charge is -2.20. The van der Waals surface area contributed by atoms with Gasteiger partial charge in [0, 0.05) is 13.6 Å². The van der Waals surface area contributed by atoms with Gasteiger partial charge in [-0.3, -0.25) is 10.1 Å². The van der Waals surface area contributed by atoms with E-state index in [2.05, 4.69) is 27.9 Å². The first-order chi connectivity index (χ1) is 7.54. The molecule has 4 nitrogen and oxygen atoms in total. The van der Waals surface area contributed by atoms with Crippen LogP contribution in [0.4, 0.5) is 0 Å². The molecule has 0 aliphatic heterocycles. The summed E-state index contributed by atoms with van der Waals surface area (Å²) < 4.78 is 6.26. The van der Waals surface area contributed by atoms with Crippen LogP contribution in [0.3, 0.4) is 0 Å². The largest absolute Gasteiger partial charge is 0.454 e. The summed E-state index contributed by atoms with van der Waals surface area (Å²) in [6.45, 7) is 5.12. The third-order valence-electron chi connectivity index (χ3n) is 2.43. The van der Waals surface area contributed by atoms with Gasteiger partial charge in [0.05, 0.1) is 12.6 Å². The van der Waals surface area contributed by atoms with E-state index in [1.54, 1.807) is 11.9 Å². The Bertz CT molecular complexity index is 352. The highest BCUT2D eigenvalue weighted by Crippen LogP contribution is 2.09. The third-order valence-corrected chi connectivity index (χ3v) is 3.01. The van der Waals surface area contributed by atoms with Crippen molar-refractivity contribution < 1.29 is 9.21 Å². The molecular formula is C11H17IN2O2. The van der Waals surface area contributed by atoms with Crippen LogP contribution in [-0.2, 0) is 11.3 Å². The van der Waals surface area contributed by atoms with Gasteiger partial charge in [0.15, 0.2) is 3.77 Å². The number of carbonyl (C=O) groups is 1. The minimum atomic E-state index is -0.187. The second-order valence-corrected chi connectivity index (χ2v) is 4.72. The average molecular weight is 336 g/mol. The predicted molar refractivity (Wildman–Crippen MR) is 71.0 cm³/mol. The Hall–Kier alpha value is -0.560. The molecule has 90 valence electrons. The fourth-order valence-electron chi connectivity index (χ4n) is 1.27. The molecule has 1 aromatic heterocycles. The second-order valence-electron chi connectivity index (χ2n) is 3.66. The van der Waals surface area contributed by atoms with Crippen molar-refractivity contribution in [2.75, 3.05) is 13.6 Å². The number of nitrogens with one attached hydrogen (secondary N) is 1. The van der Waals surface area contributed by atoms with E-state index in [-0.39, 0.29) is 11.9 Å². The Morgan fingerprint density at radius 3 is 2.81 bits per heavy atom. The fourth-order valence-corrected chi connectivity index (χ4v) is 1.74. The van der Waals surface area contributed by atoms with Gasteiger partial charge in [-0.05, 0) is 48.6 Å². The molecule has 0 aromatic carbocycles. The maximum absolute atomic E-state index is 11.7. The molecule has 1 aromatic rings. The highest BCUT2D eigenvalue weighted by atomic mass is 127. The van der Waals surface area contributed by atoms with Gasteiger partial charge in [-0.15, -0.1) is 0 Å². The van der Waals surface area contributed by atoms with Crippen LogP contribution in [0, 0.1) is 3.77 Å².